The van der Waals surface area contributed by atoms with Crippen molar-refractivity contribution in [2.75, 3.05) is 55.2 Å². The lowest BCUT2D eigenvalue weighted by molar-refractivity contribution is -0.121. The maximum atomic E-state index is 12.2. The van der Waals surface area contributed by atoms with Crippen LogP contribution in [-0.4, -0.2) is 71.3 Å². The summed E-state index contributed by atoms with van der Waals surface area (Å²) in [5, 5.41) is 2.79. The van der Waals surface area contributed by atoms with Gasteiger partial charge in [-0.05, 0) is 45.2 Å². The number of sulfonamides is 1. The van der Waals surface area contributed by atoms with E-state index in [1.54, 1.807) is 0 Å². The highest BCUT2D eigenvalue weighted by Crippen LogP contribution is 2.23. The van der Waals surface area contributed by atoms with E-state index in [0.29, 0.717) is 5.69 Å². The highest BCUT2D eigenvalue weighted by Gasteiger charge is 2.20. The maximum Gasteiger partial charge on any atom is 0.232 e. The van der Waals surface area contributed by atoms with Gasteiger partial charge >= 0.3 is 0 Å². The zero-order chi connectivity index (χ0) is 19.3. The van der Waals surface area contributed by atoms with Crippen molar-refractivity contribution >= 4 is 27.3 Å². The van der Waals surface area contributed by atoms with Crippen molar-refractivity contribution < 1.29 is 13.2 Å². The molecule has 1 heterocycles. The quantitative estimate of drug-likeness (QED) is 0.765. The minimum atomic E-state index is -3.45. The molecule has 0 bridgehead atoms. The van der Waals surface area contributed by atoms with Crippen molar-refractivity contribution in [2.24, 2.45) is 0 Å². The van der Waals surface area contributed by atoms with Crippen molar-refractivity contribution in [3.63, 3.8) is 0 Å². The van der Waals surface area contributed by atoms with Crippen LogP contribution in [0.1, 0.15) is 20.3 Å². The molecule has 26 heavy (non-hydrogen) atoms. The lowest BCUT2D eigenvalue weighted by atomic mass is 10.2. The van der Waals surface area contributed by atoms with Gasteiger partial charge in [-0.25, -0.2) is 8.42 Å². The number of carbonyl (C=O) groups is 1. The molecule has 1 fully saturated rings. The highest BCUT2D eigenvalue weighted by atomic mass is 32.2. The predicted octanol–water partition coefficient (Wildman–Crippen LogP) is 1.12. The van der Waals surface area contributed by atoms with E-state index < -0.39 is 10.0 Å². The first-order valence-corrected chi connectivity index (χ1v) is 10.8. The van der Waals surface area contributed by atoms with Crippen LogP contribution in [0.15, 0.2) is 24.3 Å². The number of hydrogen-bond donors (Lipinski definition) is 1. The number of carbonyl (C=O) groups excluding carboxylic acids is 1. The summed E-state index contributed by atoms with van der Waals surface area (Å²) in [4.78, 5) is 16.4. The smallest absolute Gasteiger partial charge is 0.232 e. The second kappa shape index (κ2) is 8.73. The summed E-state index contributed by atoms with van der Waals surface area (Å²) < 4.78 is 25.6. The second-order valence-electron chi connectivity index (χ2n) is 7.11. The van der Waals surface area contributed by atoms with Gasteiger partial charge in [0.05, 0.1) is 11.9 Å². The molecule has 1 N–H and O–H groups in total. The van der Waals surface area contributed by atoms with Crippen LogP contribution in [0.5, 0.6) is 0 Å². The van der Waals surface area contributed by atoms with Crippen molar-refractivity contribution in [3.05, 3.63) is 24.3 Å². The summed E-state index contributed by atoms with van der Waals surface area (Å²) in [5.41, 5.74) is 1.68. The van der Waals surface area contributed by atoms with E-state index in [0.717, 1.165) is 31.9 Å². The van der Waals surface area contributed by atoms with E-state index in [4.69, 9.17) is 0 Å². The third kappa shape index (κ3) is 5.88. The Morgan fingerprint density at radius 3 is 2.23 bits per heavy atom. The molecule has 2 rings (SSSR count). The number of benzene rings is 1. The normalized spacial score (nSPS) is 16.0. The summed E-state index contributed by atoms with van der Waals surface area (Å²) in [6, 6.07) is 7.57. The van der Waals surface area contributed by atoms with Gasteiger partial charge in [0.25, 0.3) is 0 Å². The average molecular weight is 383 g/mol. The molecule has 0 aliphatic carbocycles. The Kier molecular flexibility index (Phi) is 6.88. The predicted molar refractivity (Wildman–Crippen MR) is 106 cm³/mol. The van der Waals surface area contributed by atoms with Crippen LogP contribution < -0.4 is 14.5 Å². The molecule has 0 aromatic heterocycles. The third-order valence-corrected chi connectivity index (χ3v) is 5.59. The second-order valence-corrected chi connectivity index (χ2v) is 9.02. The summed E-state index contributed by atoms with van der Waals surface area (Å²) in [6.45, 7) is 7.84. The van der Waals surface area contributed by atoms with Gasteiger partial charge in [-0.1, -0.05) is 0 Å². The molecule has 146 valence electrons. The van der Waals surface area contributed by atoms with Crippen molar-refractivity contribution in [2.45, 2.75) is 26.3 Å². The maximum absolute atomic E-state index is 12.2. The zero-order valence-electron chi connectivity index (χ0n) is 16.1. The fourth-order valence-electron chi connectivity index (χ4n) is 2.98. The van der Waals surface area contributed by atoms with E-state index in [1.165, 1.54) is 10.6 Å². The van der Waals surface area contributed by atoms with Crippen LogP contribution >= 0.6 is 0 Å². The molecule has 8 heteroatoms. The van der Waals surface area contributed by atoms with E-state index in [9.17, 15) is 13.2 Å². The fourth-order valence-corrected chi connectivity index (χ4v) is 3.91. The number of piperazine rings is 1. The largest absolute Gasteiger partial charge is 0.369 e. The van der Waals surface area contributed by atoms with E-state index in [2.05, 4.69) is 22.2 Å². The van der Waals surface area contributed by atoms with Gasteiger partial charge in [0.1, 0.15) is 0 Å². The van der Waals surface area contributed by atoms with E-state index in [-0.39, 0.29) is 24.9 Å². The van der Waals surface area contributed by atoms with Crippen LogP contribution in [0.25, 0.3) is 0 Å². The average Bonchev–Trinajstić information content (AvgIpc) is 2.54. The number of likely N-dealkylation sites (N-methyl/N-ethyl adjacent to an activating group) is 1. The van der Waals surface area contributed by atoms with Crippen molar-refractivity contribution in [1.82, 2.24) is 10.2 Å². The monoisotopic (exact) mass is 382 g/mol. The minimum absolute atomic E-state index is 0.0389. The Morgan fingerprint density at radius 1 is 1.15 bits per heavy atom. The molecule has 1 aliphatic heterocycles. The minimum Gasteiger partial charge on any atom is -0.369 e. The van der Waals surface area contributed by atoms with Gasteiger partial charge < -0.3 is 15.1 Å². The van der Waals surface area contributed by atoms with Crippen LogP contribution in [0.2, 0.25) is 0 Å². The van der Waals surface area contributed by atoms with E-state index in [1.807, 2.05) is 38.1 Å². The number of anilines is 2. The molecule has 0 atom stereocenters. The van der Waals surface area contributed by atoms with Gasteiger partial charge in [0.2, 0.25) is 15.9 Å². The molecule has 1 amide bonds. The lowest BCUT2D eigenvalue weighted by Gasteiger charge is -2.34. The first-order chi connectivity index (χ1) is 12.2. The Hall–Kier alpha value is -1.80. The van der Waals surface area contributed by atoms with Crippen LogP contribution in [0, 0.1) is 0 Å². The van der Waals surface area contributed by atoms with Crippen LogP contribution in [0.4, 0.5) is 11.4 Å². The standard InChI is InChI=1S/C18H30N4O3S/c1-15(2)19-18(23)9-10-22(26(4,24)25)17-7-5-16(6-8-17)21-13-11-20(3)12-14-21/h5-8,15H,9-14H2,1-4H3,(H,19,23). The molecular formula is C18H30N4O3S. The SMILES string of the molecule is CC(C)NC(=O)CCN(c1ccc(N2CCN(C)CC2)cc1)S(C)(=O)=O. The number of hydrogen-bond acceptors (Lipinski definition) is 5. The van der Waals surface area contributed by atoms with Gasteiger partial charge in [-0.2, -0.15) is 0 Å². The summed E-state index contributed by atoms with van der Waals surface area (Å²) >= 11 is 0. The highest BCUT2D eigenvalue weighted by molar-refractivity contribution is 7.92. The Bertz CT molecular complexity index is 696. The molecule has 0 radical (unpaired) electrons. The third-order valence-electron chi connectivity index (χ3n) is 4.40. The molecule has 0 spiro atoms. The molecule has 7 nitrogen and oxygen atoms in total. The van der Waals surface area contributed by atoms with E-state index >= 15 is 0 Å². The fraction of sp³-hybridized carbons (Fsp3) is 0.611. The van der Waals surface area contributed by atoms with Crippen molar-refractivity contribution in [3.8, 4) is 0 Å². The Labute approximate surface area is 157 Å². The van der Waals surface area contributed by atoms with Gasteiger partial charge in [0.15, 0.2) is 0 Å². The van der Waals surface area contributed by atoms with Gasteiger partial charge in [0, 0.05) is 50.9 Å². The van der Waals surface area contributed by atoms with Crippen LogP contribution in [0.3, 0.4) is 0 Å². The molecule has 1 aromatic rings. The van der Waals surface area contributed by atoms with Gasteiger partial charge in [-0.15, -0.1) is 0 Å². The van der Waals surface area contributed by atoms with Crippen molar-refractivity contribution in [1.29, 1.82) is 0 Å². The number of nitrogens with zero attached hydrogens (tertiary/aromatic N) is 3. The zero-order valence-corrected chi connectivity index (χ0v) is 16.9. The first kappa shape index (κ1) is 20.5. The summed E-state index contributed by atoms with van der Waals surface area (Å²) in [6.07, 6.45) is 1.30. The molecular weight excluding hydrogens is 352 g/mol. The Balaban J connectivity index is 2.07. The summed E-state index contributed by atoms with van der Waals surface area (Å²) in [5.74, 6) is -0.150. The molecule has 0 unspecified atom stereocenters. The molecule has 1 saturated heterocycles. The number of amides is 1. The van der Waals surface area contributed by atoms with Gasteiger partial charge in [-0.3, -0.25) is 9.10 Å². The lowest BCUT2D eigenvalue weighted by Crippen LogP contribution is -2.44. The number of nitrogens with one attached hydrogen (secondary N) is 1. The molecule has 1 aromatic carbocycles. The summed E-state index contributed by atoms with van der Waals surface area (Å²) in [7, 11) is -1.34. The molecule has 1 aliphatic rings. The number of rotatable bonds is 7. The topological polar surface area (TPSA) is 73.0 Å². The van der Waals surface area contributed by atoms with Crippen LogP contribution in [-0.2, 0) is 14.8 Å². The Morgan fingerprint density at radius 2 is 1.73 bits per heavy atom. The first-order valence-electron chi connectivity index (χ1n) is 8.97. The molecule has 0 saturated carbocycles.